The molecule has 0 saturated carbocycles. The van der Waals surface area contributed by atoms with Gasteiger partial charge in [-0.25, -0.2) is 0 Å². The first-order chi connectivity index (χ1) is 9.15. The maximum atomic E-state index is 5.55. The molecule has 1 saturated heterocycles. The summed E-state index contributed by atoms with van der Waals surface area (Å²) in [4.78, 5) is 0. The molecule has 0 radical (unpaired) electrons. The molecule has 4 heteroatoms. The third-order valence-corrected chi connectivity index (χ3v) is 3.57. The lowest BCUT2D eigenvalue weighted by molar-refractivity contribution is 0.114. The van der Waals surface area contributed by atoms with Gasteiger partial charge in [0.05, 0.1) is 6.10 Å². The van der Waals surface area contributed by atoms with Gasteiger partial charge in [0.15, 0.2) is 5.11 Å². The molecular formula is C15H22N2OS. The van der Waals surface area contributed by atoms with Crippen molar-refractivity contribution >= 4 is 23.0 Å². The first-order valence-corrected chi connectivity index (χ1v) is 7.32. The maximum absolute atomic E-state index is 5.55. The van der Waals surface area contributed by atoms with Crippen LogP contribution in [-0.2, 0) is 4.74 Å². The molecule has 104 valence electrons. The second-order valence-corrected chi connectivity index (χ2v) is 5.66. The van der Waals surface area contributed by atoms with Gasteiger partial charge < -0.3 is 15.4 Å². The molecule has 1 aliphatic heterocycles. The maximum Gasteiger partial charge on any atom is 0.170 e. The number of ether oxygens (including phenoxy) is 1. The zero-order valence-corrected chi connectivity index (χ0v) is 12.4. The van der Waals surface area contributed by atoms with Crippen molar-refractivity contribution in [2.24, 2.45) is 0 Å². The molecule has 0 amide bonds. The molecule has 1 aromatic carbocycles. The SMILES string of the molecule is CC(C)c1cccc(NC(=S)NC[C@@H]2CCCO2)c1. The van der Waals surface area contributed by atoms with Crippen LogP contribution in [0, 0.1) is 0 Å². The van der Waals surface area contributed by atoms with E-state index in [2.05, 4.69) is 42.7 Å². The summed E-state index contributed by atoms with van der Waals surface area (Å²) in [6.45, 7) is 6.04. The van der Waals surface area contributed by atoms with Gasteiger partial charge in [-0.2, -0.15) is 0 Å². The molecule has 0 bridgehead atoms. The number of nitrogens with one attached hydrogen (secondary N) is 2. The van der Waals surface area contributed by atoms with Crippen LogP contribution in [0.2, 0.25) is 0 Å². The van der Waals surface area contributed by atoms with Crippen molar-refractivity contribution in [3.63, 3.8) is 0 Å². The van der Waals surface area contributed by atoms with E-state index in [1.807, 2.05) is 6.07 Å². The normalized spacial score (nSPS) is 18.6. The number of anilines is 1. The molecule has 1 atom stereocenters. The second-order valence-electron chi connectivity index (χ2n) is 5.25. The fourth-order valence-corrected chi connectivity index (χ4v) is 2.36. The number of hydrogen-bond donors (Lipinski definition) is 2. The molecule has 0 aromatic heterocycles. The number of rotatable bonds is 4. The average molecular weight is 278 g/mol. The molecular weight excluding hydrogens is 256 g/mol. The predicted octanol–water partition coefficient (Wildman–Crippen LogP) is 3.28. The van der Waals surface area contributed by atoms with Crippen molar-refractivity contribution in [1.29, 1.82) is 0 Å². The minimum absolute atomic E-state index is 0.307. The number of thiocarbonyl (C=S) groups is 1. The van der Waals surface area contributed by atoms with Crippen molar-refractivity contribution in [2.75, 3.05) is 18.5 Å². The second kappa shape index (κ2) is 6.87. The standard InChI is InChI=1S/C15H22N2OS/c1-11(2)12-5-3-6-13(9-12)17-15(19)16-10-14-7-4-8-18-14/h3,5-6,9,11,14H,4,7-8,10H2,1-2H3,(H2,16,17,19)/t14-/m0/s1. The monoisotopic (exact) mass is 278 g/mol. The highest BCUT2D eigenvalue weighted by molar-refractivity contribution is 7.80. The van der Waals surface area contributed by atoms with Crippen LogP contribution < -0.4 is 10.6 Å². The highest BCUT2D eigenvalue weighted by Crippen LogP contribution is 2.18. The van der Waals surface area contributed by atoms with Gasteiger partial charge in [0, 0.05) is 18.8 Å². The minimum Gasteiger partial charge on any atom is -0.376 e. The van der Waals surface area contributed by atoms with Gasteiger partial charge >= 0.3 is 0 Å². The smallest absolute Gasteiger partial charge is 0.170 e. The Kier molecular flexibility index (Phi) is 5.16. The Labute approximate surface area is 120 Å². The first kappa shape index (κ1) is 14.3. The van der Waals surface area contributed by atoms with Crippen LogP contribution in [-0.4, -0.2) is 24.4 Å². The van der Waals surface area contributed by atoms with E-state index in [9.17, 15) is 0 Å². The van der Waals surface area contributed by atoms with E-state index in [4.69, 9.17) is 17.0 Å². The van der Waals surface area contributed by atoms with Gasteiger partial charge in [0.1, 0.15) is 0 Å². The summed E-state index contributed by atoms with van der Waals surface area (Å²) in [5, 5.41) is 7.11. The van der Waals surface area contributed by atoms with Gasteiger partial charge in [0.25, 0.3) is 0 Å². The van der Waals surface area contributed by atoms with Crippen molar-refractivity contribution in [3.05, 3.63) is 29.8 Å². The summed E-state index contributed by atoms with van der Waals surface area (Å²) < 4.78 is 5.55. The van der Waals surface area contributed by atoms with Crippen LogP contribution in [0.25, 0.3) is 0 Å². The quantitative estimate of drug-likeness (QED) is 0.828. The van der Waals surface area contributed by atoms with Crippen LogP contribution in [0.1, 0.15) is 38.2 Å². The summed E-state index contributed by atoms with van der Waals surface area (Å²) in [7, 11) is 0. The molecule has 1 heterocycles. The fraction of sp³-hybridized carbons (Fsp3) is 0.533. The Morgan fingerprint density at radius 1 is 1.47 bits per heavy atom. The summed E-state index contributed by atoms with van der Waals surface area (Å²) in [5.41, 5.74) is 2.35. The molecule has 3 nitrogen and oxygen atoms in total. The average Bonchev–Trinajstić information content (AvgIpc) is 2.90. The van der Waals surface area contributed by atoms with Crippen molar-refractivity contribution in [2.45, 2.75) is 38.7 Å². The molecule has 2 rings (SSSR count). The Balaban J connectivity index is 1.82. The third kappa shape index (κ3) is 4.48. The lowest BCUT2D eigenvalue weighted by Crippen LogP contribution is -2.34. The van der Waals surface area contributed by atoms with E-state index < -0.39 is 0 Å². The number of hydrogen-bond acceptors (Lipinski definition) is 2. The summed E-state index contributed by atoms with van der Waals surface area (Å²) in [5.74, 6) is 0.523. The van der Waals surface area contributed by atoms with Gasteiger partial charge in [-0.3, -0.25) is 0 Å². The topological polar surface area (TPSA) is 33.3 Å². The first-order valence-electron chi connectivity index (χ1n) is 6.91. The van der Waals surface area contributed by atoms with Crippen molar-refractivity contribution in [1.82, 2.24) is 5.32 Å². The summed E-state index contributed by atoms with van der Waals surface area (Å²) >= 11 is 5.30. The number of benzene rings is 1. The Morgan fingerprint density at radius 3 is 3.00 bits per heavy atom. The molecule has 0 spiro atoms. The van der Waals surface area contributed by atoms with E-state index in [1.165, 1.54) is 5.56 Å². The van der Waals surface area contributed by atoms with Crippen LogP contribution in [0.15, 0.2) is 24.3 Å². The molecule has 1 aliphatic rings. The van der Waals surface area contributed by atoms with Crippen LogP contribution >= 0.6 is 12.2 Å². The molecule has 2 N–H and O–H groups in total. The minimum atomic E-state index is 0.307. The molecule has 1 fully saturated rings. The Hall–Kier alpha value is -1.13. The molecule has 0 unspecified atom stereocenters. The summed E-state index contributed by atoms with van der Waals surface area (Å²) in [6, 6.07) is 8.37. The largest absolute Gasteiger partial charge is 0.376 e. The van der Waals surface area contributed by atoms with E-state index in [-0.39, 0.29) is 0 Å². The highest BCUT2D eigenvalue weighted by atomic mass is 32.1. The van der Waals surface area contributed by atoms with Crippen LogP contribution in [0.5, 0.6) is 0 Å². The van der Waals surface area contributed by atoms with Crippen molar-refractivity contribution < 1.29 is 4.74 Å². The van der Waals surface area contributed by atoms with E-state index in [0.29, 0.717) is 17.1 Å². The highest BCUT2D eigenvalue weighted by Gasteiger charge is 2.15. The van der Waals surface area contributed by atoms with Gasteiger partial charge in [0.2, 0.25) is 0 Å². The van der Waals surface area contributed by atoms with Crippen LogP contribution in [0.4, 0.5) is 5.69 Å². The summed E-state index contributed by atoms with van der Waals surface area (Å²) in [6.07, 6.45) is 2.59. The van der Waals surface area contributed by atoms with E-state index in [1.54, 1.807) is 0 Å². The lowest BCUT2D eigenvalue weighted by Gasteiger charge is -2.15. The third-order valence-electron chi connectivity index (χ3n) is 3.33. The molecule has 0 aliphatic carbocycles. The van der Waals surface area contributed by atoms with Gasteiger partial charge in [-0.15, -0.1) is 0 Å². The van der Waals surface area contributed by atoms with E-state index in [0.717, 1.165) is 31.7 Å². The van der Waals surface area contributed by atoms with E-state index >= 15 is 0 Å². The zero-order chi connectivity index (χ0) is 13.7. The predicted molar refractivity (Wildman–Crippen MR) is 83.7 cm³/mol. The molecule has 1 aromatic rings. The van der Waals surface area contributed by atoms with Crippen molar-refractivity contribution in [3.8, 4) is 0 Å². The molecule has 19 heavy (non-hydrogen) atoms. The zero-order valence-electron chi connectivity index (χ0n) is 11.6. The fourth-order valence-electron chi connectivity index (χ4n) is 2.16. The Morgan fingerprint density at radius 2 is 2.32 bits per heavy atom. The van der Waals surface area contributed by atoms with Gasteiger partial charge in [-0.05, 0) is 48.7 Å². The lowest BCUT2D eigenvalue weighted by atomic mass is 10.0. The van der Waals surface area contributed by atoms with Gasteiger partial charge in [-0.1, -0.05) is 26.0 Å². The van der Waals surface area contributed by atoms with Crippen LogP contribution in [0.3, 0.4) is 0 Å². The Bertz CT molecular complexity index is 428.